The Bertz CT molecular complexity index is 1220. The molecule has 0 aliphatic carbocycles. The second-order valence-electron chi connectivity index (χ2n) is 8.13. The standard InChI is InChI=1S/C21H28N2O8S2/c1-12-7-5-10-16(17(12)14-8-6-9-15(11-14)22-32(3,26)27)31-21-18(23-33(4,28)29)20(25)19(24)13(2)30-21/h5-11,13,18-25H,1-4H3/t13-,18-,19+,20-,21+/m1/s1. The Hall–Kier alpha value is -2.22. The van der Waals surface area contributed by atoms with Gasteiger partial charge in [-0.15, -0.1) is 0 Å². The predicted octanol–water partition coefficient (Wildman–Crippen LogP) is 0.797. The molecule has 1 aliphatic heterocycles. The van der Waals surface area contributed by atoms with Gasteiger partial charge in [0, 0.05) is 11.3 Å². The normalized spacial score (nSPS) is 26.1. The van der Waals surface area contributed by atoms with E-state index < -0.39 is 50.7 Å². The van der Waals surface area contributed by atoms with E-state index in [1.165, 1.54) is 0 Å². The summed E-state index contributed by atoms with van der Waals surface area (Å²) >= 11 is 0. The van der Waals surface area contributed by atoms with Gasteiger partial charge in [-0.3, -0.25) is 4.72 Å². The molecule has 2 aromatic rings. The van der Waals surface area contributed by atoms with Crippen molar-refractivity contribution in [3.63, 3.8) is 0 Å². The Balaban J connectivity index is 2.01. The van der Waals surface area contributed by atoms with E-state index in [1.807, 2.05) is 13.0 Å². The van der Waals surface area contributed by atoms with Gasteiger partial charge in [0.2, 0.25) is 26.3 Å². The highest BCUT2D eigenvalue weighted by molar-refractivity contribution is 7.92. The van der Waals surface area contributed by atoms with E-state index in [0.29, 0.717) is 22.6 Å². The molecule has 182 valence electrons. The Labute approximate surface area is 193 Å². The van der Waals surface area contributed by atoms with E-state index in [2.05, 4.69) is 9.44 Å². The summed E-state index contributed by atoms with van der Waals surface area (Å²) in [5.74, 6) is 0.326. The largest absolute Gasteiger partial charge is 0.462 e. The van der Waals surface area contributed by atoms with Crippen LogP contribution in [0.15, 0.2) is 42.5 Å². The lowest BCUT2D eigenvalue weighted by atomic mass is 9.97. The minimum atomic E-state index is -3.76. The van der Waals surface area contributed by atoms with Crippen LogP contribution in [-0.4, -0.2) is 70.2 Å². The molecule has 33 heavy (non-hydrogen) atoms. The van der Waals surface area contributed by atoms with Crippen molar-refractivity contribution < 1.29 is 36.5 Å². The second kappa shape index (κ2) is 9.57. The van der Waals surface area contributed by atoms with Crippen LogP contribution < -0.4 is 14.2 Å². The SMILES string of the molecule is Cc1cccc(O[C@@H]2O[C@H](C)[C@H](O)[C@H](O)[C@H]2NS(C)(=O)=O)c1-c1cccc(NS(C)(=O)=O)c1. The van der Waals surface area contributed by atoms with Crippen LogP contribution in [0.25, 0.3) is 11.1 Å². The van der Waals surface area contributed by atoms with E-state index in [4.69, 9.17) is 9.47 Å². The Morgan fingerprint density at radius 2 is 1.64 bits per heavy atom. The third-order valence-electron chi connectivity index (χ3n) is 5.12. The highest BCUT2D eigenvalue weighted by Crippen LogP contribution is 2.36. The number of sulfonamides is 2. The maximum Gasteiger partial charge on any atom is 0.229 e. The summed E-state index contributed by atoms with van der Waals surface area (Å²) in [6, 6.07) is 10.7. The second-order valence-corrected chi connectivity index (χ2v) is 11.7. The van der Waals surface area contributed by atoms with E-state index >= 15 is 0 Å². The summed E-state index contributed by atoms with van der Waals surface area (Å²) in [6.07, 6.45) is -2.87. The number of rotatable bonds is 7. The molecule has 4 N–H and O–H groups in total. The van der Waals surface area contributed by atoms with Crippen LogP contribution in [0.4, 0.5) is 5.69 Å². The van der Waals surface area contributed by atoms with Crippen LogP contribution in [0.5, 0.6) is 5.75 Å². The highest BCUT2D eigenvalue weighted by atomic mass is 32.2. The van der Waals surface area contributed by atoms with Crippen LogP contribution in [0.1, 0.15) is 12.5 Å². The van der Waals surface area contributed by atoms with Gasteiger partial charge < -0.3 is 19.7 Å². The van der Waals surface area contributed by atoms with Crippen LogP contribution >= 0.6 is 0 Å². The van der Waals surface area contributed by atoms with Gasteiger partial charge in [-0.2, -0.15) is 0 Å². The van der Waals surface area contributed by atoms with Crippen molar-refractivity contribution in [1.82, 2.24) is 4.72 Å². The van der Waals surface area contributed by atoms with Crippen molar-refractivity contribution in [2.45, 2.75) is 44.5 Å². The van der Waals surface area contributed by atoms with Crippen molar-refractivity contribution in [3.8, 4) is 16.9 Å². The van der Waals surface area contributed by atoms with Crippen LogP contribution in [0.2, 0.25) is 0 Å². The molecule has 0 bridgehead atoms. The lowest BCUT2D eigenvalue weighted by Crippen LogP contribution is -2.64. The number of aliphatic hydroxyl groups excluding tert-OH is 2. The average Bonchev–Trinajstić information content (AvgIpc) is 2.67. The topological polar surface area (TPSA) is 151 Å². The molecule has 0 amide bonds. The van der Waals surface area contributed by atoms with Gasteiger partial charge in [0.05, 0.1) is 18.6 Å². The molecule has 12 heteroatoms. The summed E-state index contributed by atoms with van der Waals surface area (Å²) in [4.78, 5) is 0. The number of anilines is 1. The van der Waals surface area contributed by atoms with Crippen LogP contribution in [0, 0.1) is 6.92 Å². The molecule has 1 heterocycles. The van der Waals surface area contributed by atoms with Gasteiger partial charge in [-0.05, 0) is 43.2 Å². The zero-order chi connectivity index (χ0) is 24.6. The third kappa shape index (κ3) is 6.43. The zero-order valence-electron chi connectivity index (χ0n) is 18.6. The fourth-order valence-electron chi connectivity index (χ4n) is 3.69. The van der Waals surface area contributed by atoms with Gasteiger partial charge in [0.1, 0.15) is 24.0 Å². The number of ether oxygens (including phenoxy) is 2. The van der Waals surface area contributed by atoms with Crippen molar-refractivity contribution in [3.05, 3.63) is 48.0 Å². The van der Waals surface area contributed by atoms with Gasteiger partial charge in [-0.1, -0.05) is 24.3 Å². The Morgan fingerprint density at radius 3 is 2.27 bits per heavy atom. The Kier molecular flexibility index (Phi) is 7.36. The molecule has 1 fully saturated rings. The molecule has 0 saturated carbocycles. The summed E-state index contributed by atoms with van der Waals surface area (Å²) < 4.78 is 63.4. The lowest BCUT2D eigenvalue weighted by Gasteiger charge is -2.41. The molecule has 0 spiro atoms. The van der Waals surface area contributed by atoms with Crippen molar-refractivity contribution in [1.29, 1.82) is 0 Å². The summed E-state index contributed by atoms with van der Waals surface area (Å²) in [5, 5.41) is 20.7. The molecule has 1 aliphatic rings. The van der Waals surface area contributed by atoms with Gasteiger partial charge in [0.25, 0.3) is 0 Å². The number of nitrogens with one attached hydrogen (secondary N) is 2. The first-order valence-electron chi connectivity index (χ1n) is 10.1. The van der Waals surface area contributed by atoms with E-state index in [9.17, 15) is 27.0 Å². The Morgan fingerprint density at radius 1 is 0.970 bits per heavy atom. The van der Waals surface area contributed by atoms with Crippen molar-refractivity contribution in [2.24, 2.45) is 0 Å². The molecule has 5 atom stereocenters. The summed E-state index contributed by atoms with van der Waals surface area (Å²) in [6.45, 7) is 3.38. The third-order valence-corrected chi connectivity index (χ3v) is 6.43. The number of aryl methyl sites for hydroxylation is 1. The van der Waals surface area contributed by atoms with Crippen LogP contribution in [-0.2, 0) is 24.8 Å². The van der Waals surface area contributed by atoms with E-state index in [0.717, 1.165) is 18.1 Å². The minimum absolute atomic E-state index is 0.326. The van der Waals surface area contributed by atoms with Gasteiger partial charge in [-0.25, -0.2) is 21.6 Å². The average molecular weight is 501 g/mol. The highest BCUT2D eigenvalue weighted by Gasteiger charge is 2.45. The fraction of sp³-hybridized carbons (Fsp3) is 0.429. The zero-order valence-corrected chi connectivity index (χ0v) is 20.2. The number of hydrogen-bond donors (Lipinski definition) is 4. The minimum Gasteiger partial charge on any atom is -0.462 e. The number of hydrogen-bond acceptors (Lipinski definition) is 8. The molecule has 0 aromatic heterocycles. The van der Waals surface area contributed by atoms with E-state index in [-0.39, 0.29) is 0 Å². The number of aliphatic hydroxyl groups is 2. The first-order valence-corrected chi connectivity index (χ1v) is 13.9. The first-order chi connectivity index (χ1) is 15.2. The monoisotopic (exact) mass is 500 g/mol. The summed E-state index contributed by atoms with van der Waals surface area (Å²) in [5.41, 5.74) is 2.45. The fourth-order valence-corrected chi connectivity index (χ4v) is 4.99. The lowest BCUT2D eigenvalue weighted by molar-refractivity contribution is -0.229. The summed E-state index contributed by atoms with van der Waals surface area (Å²) in [7, 11) is -7.24. The molecular formula is C21H28N2O8S2. The van der Waals surface area contributed by atoms with E-state index in [1.54, 1.807) is 43.3 Å². The maximum atomic E-state index is 11.9. The molecular weight excluding hydrogens is 472 g/mol. The maximum absolute atomic E-state index is 11.9. The van der Waals surface area contributed by atoms with Crippen molar-refractivity contribution >= 4 is 25.7 Å². The number of benzene rings is 2. The van der Waals surface area contributed by atoms with Gasteiger partial charge >= 0.3 is 0 Å². The molecule has 0 radical (unpaired) electrons. The van der Waals surface area contributed by atoms with Crippen LogP contribution in [0.3, 0.4) is 0 Å². The molecule has 10 nitrogen and oxygen atoms in total. The van der Waals surface area contributed by atoms with Gasteiger partial charge in [0.15, 0.2) is 0 Å². The smallest absolute Gasteiger partial charge is 0.229 e. The predicted molar refractivity (Wildman–Crippen MR) is 124 cm³/mol. The molecule has 0 unspecified atom stereocenters. The molecule has 3 rings (SSSR count). The molecule has 1 saturated heterocycles. The quantitative estimate of drug-likeness (QED) is 0.436. The molecule has 2 aromatic carbocycles. The first kappa shape index (κ1) is 25.4. The van der Waals surface area contributed by atoms with Crippen molar-refractivity contribution in [2.75, 3.05) is 17.2 Å².